The van der Waals surface area contributed by atoms with Crippen molar-refractivity contribution in [1.29, 1.82) is 0 Å². The van der Waals surface area contributed by atoms with Gasteiger partial charge in [-0.25, -0.2) is 0 Å². The van der Waals surface area contributed by atoms with Gasteiger partial charge in [-0.2, -0.15) is 5.10 Å². The van der Waals surface area contributed by atoms with Crippen molar-refractivity contribution in [2.45, 2.75) is 32.4 Å². The second-order valence-corrected chi connectivity index (χ2v) is 5.78. The van der Waals surface area contributed by atoms with E-state index < -0.39 is 0 Å². The van der Waals surface area contributed by atoms with Gasteiger partial charge >= 0.3 is 0 Å². The first-order valence-corrected chi connectivity index (χ1v) is 7.13. The lowest BCUT2D eigenvalue weighted by Crippen LogP contribution is -2.56. The van der Waals surface area contributed by atoms with Crippen molar-refractivity contribution in [3.05, 3.63) is 16.4 Å². The van der Waals surface area contributed by atoms with Gasteiger partial charge in [0.05, 0.1) is 12.2 Å². The molecule has 20 heavy (non-hydrogen) atoms. The highest BCUT2D eigenvalue weighted by Crippen LogP contribution is 2.27. The van der Waals surface area contributed by atoms with Crippen molar-refractivity contribution in [2.75, 3.05) is 13.1 Å². The zero-order valence-electron chi connectivity index (χ0n) is 11.6. The first-order valence-electron chi connectivity index (χ1n) is 6.75. The third-order valence-electron chi connectivity index (χ3n) is 4.11. The predicted octanol–water partition coefficient (Wildman–Crippen LogP) is 0.715. The van der Waals surface area contributed by atoms with Crippen LogP contribution in [0, 0.1) is 6.92 Å². The molecule has 1 atom stereocenters. The van der Waals surface area contributed by atoms with Crippen LogP contribution < -0.4 is 0 Å². The molecule has 2 amide bonds. The predicted molar refractivity (Wildman–Crippen MR) is 73.1 cm³/mol. The maximum absolute atomic E-state index is 12.4. The standard InChI is InChI=1S/C13H17ClN4O2/c1-8-9(12(14)16(2)15-8)6-17-7-11(19)18-5-3-4-10(18)13(17)20/h10H,3-7H2,1-2H3. The highest BCUT2D eigenvalue weighted by atomic mass is 35.5. The van der Waals surface area contributed by atoms with E-state index in [2.05, 4.69) is 5.10 Å². The first kappa shape index (κ1) is 13.4. The van der Waals surface area contributed by atoms with Crippen LogP contribution in [0.2, 0.25) is 5.15 Å². The monoisotopic (exact) mass is 296 g/mol. The summed E-state index contributed by atoms with van der Waals surface area (Å²) in [5, 5.41) is 4.76. The highest BCUT2D eigenvalue weighted by Gasteiger charge is 2.42. The van der Waals surface area contributed by atoms with E-state index in [1.807, 2.05) is 6.92 Å². The van der Waals surface area contributed by atoms with Crippen molar-refractivity contribution in [3.63, 3.8) is 0 Å². The quantitative estimate of drug-likeness (QED) is 0.808. The molecule has 1 aromatic rings. The van der Waals surface area contributed by atoms with Gasteiger partial charge in [0.15, 0.2) is 0 Å². The van der Waals surface area contributed by atoms with Crippen LogP contribution in [0.15, 0.2) is 0 Å². The van der Waals surface area contributed by atoms with Crippen LogP contribution in [0.1, 0.15) is 24.1 Å². The molecule has 2 aliphatic rings. The molecule has 7 heteroatoms. The van der Waals surface area contributed by atoms with Gasteiger partial charge in [-0.05, 0) is 19.8 Å². The minimum Gasteiger partial charge on any atom is -0.329 e. The maximum Gasteiger partial charge on any atom is 0.246 e. The molecule has 0 radical (unpaired) electrons. The van der Waals surface area contributed by atoms with Crippen LogP contribution in [0.5, 0.6) is 0 Å². The molecular weight excluding hydrogens is 280 g/mol. The summed E-state index contributed by atoms with van der Waals surface area (Å²) in [6.45, 7) is 3.06. The van der Waals surface area contributed by atoms with E-state index >= 15 is 0 Å². The Labute approximate surface area is 122 Å². The molecule has 1 aromatic heterocycles. The molecule has 0 saturated carbocycles. The van der Waals surface area contributed by atoms with Crippen molar-refractivity contribution in [3.8, 4) is 0 Å². The van der Waals surface area contributed by atoms with Gasteiger partial charge in [0, 0.05) is 19.2 Å². The van der Waals surface area contributed by atoms with E-state index in [1.165, 1.54) is 0 Å². The fourth-order valence-electron chi connectivity index (χ4n) is 3.04. The van der Waals surface area contributed by atoms with Crippen molar-refractivity contribution >= 4 is 23.4 Å². The summed E-state index contributed by atoms with van der Waals surface area (Å²) in [5.74, 6) is 0.0613. The number of aromatic nitrogens is 2. The maximum atomic E-state index is 12.4. The summed E-state index contributed by atoms with van der Waals surface area (Å²) in [4.78, 5) is 27.8. The second-order valence-electron chi connectivity index (χ2n) is 5.42. The molecular formula is C13H17ClN4O2. The van der Waals surface area contributed by atoms with Gasteiger partial charge in [-0.1, -0.05) is 11.6 Å². The van der Waals surface area contributed by atoms with E-state index in [0.29, 0.717) is 18.2 Å². The van der Waals surface area contributed by atoms with Crippen LogP contribution in [-0.2, 0) is 23.2 Å². The minimum absolute atomic E-state index is 0.0291. The number of carbonyl (C=O) groups excluding carboxylic acids is 2. The molecule has 2 aliphatic heterocycles. The molecule has 3 rings (SSSR count). The lowest BCUT2D eigenvalue weighted by Gasteiger charge is -2.36. The number of halogens is 1. The fourth-order valence-corrected chi connectivity index (χ4v) is 3.28. The molecule has 0 N–H and O–H groups in total. The molecule has 2 fully saturated rings. The number of nitrogens with zero attached hydrogens (tertiary/aromatic N) is 4. The van der Waals surface area contributed by atoms with E-state index in [1.54, 1.807) is 21.5 Å². The topological polar surface area (TPSA) is 58.4 Å². The minimum atomic E-state index is -0.271. The Hall–Kier alpha value is -1.56. The number of rotatable bonds is 2. The van der Waals surface area contributed by atoms with Gasteiger partial charge in [0.25, 0.3) is 0 Å². The summed E-state index contributed by atoms with van der Waals surface area (Å²) >= 11 is 6.20. The number of aryl methyl sites for hydroxylation is 2. The molecule has 0 bridgehead atoms. The summed E-state index contributed by atoms with van der Waals surface area (Å²) in [5.41, 5.74) is 1.62. The van der Waals surface area contributed by atoms with Crippen LogP contribution in [0.3, 0.4) is 0 Å². The first-order chi connectivity index (χ1) is 9.49. The molecule has 108 valence electrons. The van der Waals surface area contributed by atoms with Gasteiger partial charge in [0.2, 0.25) is 11.8 Å². The summed E-state index contributed by atoms with van der Waals surface area (Å²) in [6.07, 6.45) is 1.67. The van der Waals surface area contributed by atoms with Gasteiger partial charge in [0.1, 0.15) is 17.7 Å². The zero-order chi connectivity index (χ0) is 14.4. The largest absolute Gasteiger partial charge is 0.329 e. The Morgan fingerprint density at radius 2 is 2.15 bits per heavy atom. The van der Waals surface area contributed by atoms with Gasteiger partial charge < -0.3 is 9.80 Å². The Morgan fingerprint density at radius 1 is 1.40 bits per heavy atom. The summed E-state index contributed by atoms with van der Waals surface area (Å²) < 4.78 is 1.59. The highest BCUT2D eigenvalue weighted by molar-refractivity contribution is 6.30. The second kappa shape index (κ2) is 4.77. The SMILES string of the molecule is Cc1nn(C)c(Cl)c1CN1CC(=O)N2CCCC2C1=O. The molecule has 3 heterocycles. The van der Waals surface area contributed by atoms with Gasteiger partial charge in [-0.15, -0.1) is 0 Å². The molecule has 0 spiro atoms. The van der Waals surface area contributed by atoms with Crippen LogP contribution in [0.4, 0.5) is 0 Å². The smallest absolute Gasteiger partial charge is 0.246 e. The normalized spacial score (nSPS) is 22.6. The van der Waals surface area contributed by atoms with E-state index in [-0.39, 0.29) is 24.4 Å². The number of fused-ring (bicyclic) bond motifs is 1. The van der Waals surface area contributed by atoms with Gasteiger partial charge in [-0.3, -0.25) is 14.3 Å². The number of amides is 2. The molecule has 0 aliphatic carbocycles. The van der Waals surface area contributed by atoms with Crippen molar-refractivity contribution in [2.24, 2.45) is 7.05 Å². The van der Waals surface area contributed by atoms with E-state index in [4.69, 9.17) is 11.6 Å². The fraction of sp³-hybridized carbons (Fsp3) is 0.615. The lowest BCUT2D eigenvalue weighted by molar-refractivity contribution is -0.154. The lowest BCUT2D eigenvalue weighted by atomic mass is 10.1. The van der Waals surface area contributed by atoms with Crippen LogP contribution in [0.25, 0.3) is 0 Å². The Morgan fingerprint density at radius 3 is 2.80 bits per heavy atom. The van der Waals surface area contributed by atoms with E-state index in [0.717, 1.165) is 24.1 Å². The Balaban J connectivity index is 1.84. The molecule has 2 saturated heterocycles. The zero-order valence-corrected chi connectivity index (χ0v) is 12.4. The Bertz CT molecular complexity index is 583. The third kappa shape index (κ3) is 1.98. The van der Waals surface area contributed by atoms with Crippen molar-refractivity contribution in [1.82, 2.24) is 19.6 Å². The number of carbonyl (C=O) groups is 2. The average molecular weight is 297 g/mol. The number of piperazine rings is 1. The van der Waals surface area contributed by atoms with E-state index in [9.17, 15) is 9.59 Å². The van der Waals surface area contributed by atoms with Crippen LogP contribution >= 0.6 is 11.6 Å². The molecule has 0 aromatic carbocycles. The average Bonchev–Trinajstić information content (AvgIpc) is 2.97. The van der Waals surface area contributed by atoms with Crippen molar-refractivity contribution < 1.29 is 9.59 Å². The Kier molecular flexibility index (Phi) is 3.20. The molecule has 6 nitrogen and oxygen atoms in total. The molecule has 1 unspecified atom stereocenters. The summed E-state index contributed by atoms with van der Waals surface area (Å²) in [6, 6.07) is -0.271. The van der Waals surface area contributed by atoms with Crippen LogP contribution in [-0.4, -0.2) is 50.5 Å². The number of hydrogen-bond acceptors (Lipinski definition) is 3. The third-order valence-corrected chi connectivity index (χ3v) is 4.59. The summed E-state index contributed by atoms with van der Waals surface area (Å²) in [7, 11) is 1.76. The number of hydrogen-bond donors (Lipinski definition) is 0.